The van der Waals surface area contributed by atoms with Gasteiger partial charge in [-0.05, 0) is 43.1 Å². The molecule has 0 amide bonds. The lowest BCUT2D eigenvalue weighted by molar-refractivity contribution is 1.20. The zero-order valence-corrected chi connectivity index (χ0v) is 25.2. The predicted octanol–water partition coefficient (Wildman–Crippen LogP) is 9.73. The van der Waals surface area contributed by atoms with Crippen LogP contribution in [0.2, 0.25) is 36.3 Å². The minimum Gasteiger partial charge on any atom is -0.0675 e. The van der Waals surface area contributed by atoms with Gasteiger partial charge in [-0.2, -0.15) is 0 Å². The lowest BCUT2D eigenvalue weighted by Crippen LogP contribution is -2.45. The van der Waals surface area contributed by atoms with Gasteiger partial charge >= 0.3 is 0 Å². The van der Waals surface area contributed by atoms with Gasteiger partial charge in [0.25, 0.3) is 0 Å². The molecule has 36 heavy (non-hydrogen) atoms. The van der Waals surface area contributed by atoms with E-state index in [4.69, 9.17) is 0 Å². The monoisotopic (exact) mass is 506 g/mol. The van der Waals surface area contributed by atoms with E-state index in [1.807, 2.05) is 0 Å². The molecule has 0 fully saturated rings. The Morgan fingerprint density at radius 2 is 0.639 bits per heavy atom. The van der Waals surface area contributed by atoms with Crippen LogP contribution in [0.3, 0.4) is 0 Å². The molecular formula is C34H42Si2. The van der Waals surface area contributed by atoms with E-state index in [1.54, 1.807) is 10.4 Å². The van der Waals surface area contributed by atoms with E-state index in [1.165, 1.54) is 79.4 Å². The Morgan fingerprint density at radius 3 is 0.972 bits per heavy atom. The second kappa shape index (κ2) is 9.80. The van der Waals surface area contributed by atoms with Crippen molar-refractivity contribution in [1.82, 2.24) is 0 Å². The summed E-state index contributed by atoms with van der Waals surface area (Å²) < 4.78 is 0. The third-order valence-corrected chi connectivity index (χ3v) is 21.3. The van der Waals surface area contributed by atoms with Crippen molar-refractivity contribution in [3.8, 4) is 0 Å². The van der Waals surface area contributed by atoms with Gasteiger partial charge in [0, 0.05) is 0 Å². The topological polar surface area (TPSA) is 0 Å². The molecule has 0 saturated carbocycles. The molecule has 0 N–H and O–H groups in total. The highest BCUT2D eigenvalue weighted by Crippen LogP contribution is 2.35. The average molecular weight is 507 g/mol. The molecule has 2 heteroatoms. The Hall–Kier alpha value is -2.43. The second-order valence-corrected chi connectivity index (χ2v) is 21.5. The summed E-state index contributed by atoms with van der Waals surface area (Å²) >= 11 is 0. The standard InChI is InChI=1S/C34H42Si2/c1-7-35(8-2,9-3)27-15-19-29-25(23-27)13-17-33-31(29)21-22-32-30-20-16-28(36(10-4,11-5)12-6)24-26(30)14-18-34(32)33/h13-24H,7-12H2,1-6H3. The van der Waals surface area contributed by atoms with Crippen LogP contribution in [0.5, 0.6) is 0 Å². The largest absolute Gasteiger partial charge is 0.0859 e. The van der Waals surface area contributed by atoms with E-state index in [-0.39, 0.29) is 0 Å². The average Bonchev–Trinajstić information content (AvgIpc) is 2.94. The second-order valence-electron chi connectivity index (χ2n) is 10.9. The summed E-state index contributed by atoms with van der Waals surface area (Å²) in [4.78, 5) is 0. The summed E-state index contributed by atoms with van der Waals surface area (Å²) in [7, 11) is -2.75. The molecule has 5 rings (SSSR count). The summed E-state index contributed by atoms with van der Waals surface area (Å²) in [5.41, 5.74) is 0. The highest BCUT2D eigenvalue weighted by molar-refractivity contribution is 6.92. The molecule has 0 radical (unpaired) electrons. The highest BCUT2D eigenvalue weighted by atomic mass is 28.3. The molecular weight excluding hydrogens is 465 g/mol. The first-order valence-corrected chi connectivity index (χ1v) is 19.6. The van der Waals surface area contributed by atoms with Crippen LogP contribution in [0.15, 0.2) is 72.8 Å². The third kappa shape index (κ3) is 3.76. The Kier molecular flexibility index (Phi) is 6.87. The maximum absolute atomic E-state index is 2.52. The van der Waals surface area contributed by atoms with Gasteiger partial charge in [0.05, 0.1) is 16.1 Å². The van der Waals surface area contributed by atoms with Gasteiger partial charge < -0.3 is 0 Å². The Morgan fingerprint density at radius 1 is 0.361 bits per heavy atom. The van der Waals surface area contributed by atoms with Crippen molar-refractivity contribution in [2.24, 2.45) is 0 Å². The Balaban J connectivity index is 1.69. The van der Waals surface area contributed by atoms with Crippen LogP contribution in [0.1, 0.15) is 41.5 Å². The van der Waals surface area contributed by atoms with Crippen LogP contribution < -0.4 is 10.4 Å². The smallest absolute Gasteiger partial charge is 0.0675 e. The van der Waals surface area contributed by atoms with Crippen LogP contribution in [0, 0.1) is 0 Å². The fourth-order valence-corrected chi connectivity index (χ4v) is 14.3. The van der Waals surface area contributed by atoms with E-state index in [0.29, 0.717) is 0 Å². The molecule has 5 aromatic rings. The van der Waals surface area contributed by atoms with Gasteiger partial charge in [0.2, 0.25) is 0 Å². The van der Waals surface area contributed by atoms with Crippen molar-refractivity contribution in [2.45, 2.75) is 77.8 Å². The summed E-state index contributed by atoms with van der Waals surface area (Å²) in [5, 5.41) is 14.4. The SMILES string of the molecule is CC[Si](CC)(CC)c1ccc2c(ccc3c2ccc2c4ccc([Si](CC)(CC)CC)cc4ccc23)c1. The summed E-state index contributed by atoms with van der Waals surface area (Å²) in [6.07, 6.45) is 0. The van der Waals surface area contributed by atoms with Crippen molar-refractivity contribution < 1.29 is 0 Å². The normalized spacial score (nSPS) is 12.8. The van der Waals surface area contributed by atoms with Crippen molar-refractivity contribution in [2.75, 3.05) is 0 Å². The fourth-order valence-electron chi connectivity index (χ4n) is 7.09. The minimum atomic E-state index is -1.38. The number of fused-ring (bicyclic) bond motifs is 7. The van der Waals surface area contributed by atoms with Gasteiger partial charge in [-0.1, -0.05) is 161 Å². The summed E-state index contributed by atoms with van der Waals surface area (Å²) in [6.45, 7) is 14.4. The van der Waals surface area contributed by atoms with E-state index >= 15 is 0 Å². The molecule has 5 aromatic carbocycles. The van der Waals surface area contributed by atoms with Crippen LogP contribution in [0.25, 0.3) is 43.1 Å². The van der Waals surface area contributed by atoms with E-state index in [9.17, 15) is 0 Å². The Labute approximate surface area is 219 Å². The maximum atomic E-state index is 2.52. The first-order chi connectivity index (χ1) is 17.5. The lowest BCUT2D eigenvalue weighted by atomic mass is 9.94. The van der Waals surface area contributed by atoms with Crippen molar-refractivity contribution in [1.29, 1.82) is 0 Å². The van der Waals surface area contributed by atoms with E-state index < -0.39 is 16.1 Å². The molecule has 0 aliphatic rings. The van der Waals surface area contributed by atoms with Crippen molar-refractivity contribution >= 4 is 69.6 Å². The maximum Gasteiger partial charge on any atom is 0.0859 e. The van der Waals surface area contributed by atoms with Crippen molar-refractivity contribution in [3.63, 3.8) is 0 Å². The minimum absolute atomic E-state index is 1.33. The molecule has 0 unspecified atom stereocenters. The fraction of sp³-hybridized carbons (Fsp3) is 0.353. The molecule has 0 spiro atoms. The van der Waals surface area contributed by atoms with Gasteiger partial charge in [-0.25, -0.2) is 0 Å². The molecule has 0 heterocycles. The number of hydrogen-bond acceptors (Lipinski definition) is 0. The Bertz CT molecular complexity index is 1420. The highest BCUT2D eigenvalue weighted by Gasteiger charge is 2.30. The number of benzene rings is 5. The zero-order chi connectivity index (χ0) is 25.5. The van der Waals surface area contributed by atoms with Gasteiger partial charge in [-0.15, -0.1) is 0 Å². The zero-order valence-electron chi connectivity index (χ0n) is 23.2. The first-order valence-electron chi connectivity index (χ1n) is 14.3. The predicted molar refractivity (Wildman–Crippen MR) is 170 cm³/mol. The van der Waals surface area contributed by atoms with Crippen LogP contribution in [0.4, 0.5) is 0 Å². The summed E-state index contributed by atoms with van der Waals surface area (Å²) in [6, 6.07) is 37.0. The summed E-state index contributed by atoms with van der Waals surface area (Å²) in [5.74, 6) is 0. The van der Waals surface area contributed by atoms with Gasteiger partial charge in [0.1, 0.15) is 0 Å². The third-order valence-electron chi connectivity index (χ3n) is 10.1. The van der Waals surface area contributed by atoms with Crippen LogP contribution in [-0.2, 0) is 0 Å². The van der Waals surface area contributed by atoms with E-state index in [2.05, 4.69) is 114 Å². The van der Waals surface area contributed by atoms with Crippen LogP contribution in [-0.4, -0.2) is 16.1 Å². The molecule has 0 saturated heterocycles. The van der Waals surface area contributed by atoms with Gasteiger partial charge in [-0.3, -0.25) is 0 Å². The molecule has 0 atom stereocenters. The molecule has 0 nitrogen and oxygen atoms in total. The first kappa shape index (κ1) is 25.2. The molecule has 0 aliphatic carbocycles. The van der Waals surface area contributed by atoms with Crippen molar-refractivity contribution in [3.05, 3.63) is 72.8 Å². The molecule has 0 aliphatic heterocycles. The molecule has 186 valence electrons. The quantitative estimate of drug-likeness (QED) is 0.145. The van der Waals surface area contributed by atoms with Crippen LogP contribution >= 0.6 is 0 Å². The lowest BCUT2D eigenvalue weighted by Gasteiger charge is -2.29. The number of rotatable bonds is 8. The van der Waals surface area contributed by atoms with Gasteiger partial charge in [0.15, 0.2) is 0 Å². The van der Waals surface area contributed by atoms with E-state index in [0.717, 1.165) is 0 Å². The number of hydrogen-bond donors (Lipinski definition) is 0. The molecule has 0 bridgehead atoms. The molecule has 0 aromatic heterocycles.